The number of aromatic nitrogens is 4. The zero-order valence-electron chi connectivity index (χ0n) is 12.1. The molecule has 0 bridgehead atoms. The van der Waals surface area contributed by atoms with E-state index in [1.54, 1.807) is 20.2 Å². The van der Waals surface area contributed by atoms with Crippen LogP contribution >= 0.6 is 11.3 Å². The second kappa shape index (κ2) is 6.10. The smallest absolute Gasteiger partial charge is 0.310 e. The number of methoxy groups -OCH3 is 1. The lowest BCUT2D eigenvalue weighted by molar-refractivity contribution is -0.142. The molecule has 0 aliphatic heterocycles. The first kappa shape index (κ1) is 14.5. The Morgan fingerprint density at radius 1 is 1.45 bits per heavy atom. The average molecular weight is 318 g/mol. The third kappa shape index (κ3) is 2.64. The van der Waals surface area contributed by atoms with Crippen molar-refractivity contribution in [1.29, 1.82) is 0 Å². The second-order valence-electron chi connectivity index (χ2n) is 4.45. The van der Waals surface area contributed by atoms with Crippen LogP contribution in [0.3, 0.4) is 0 Å². The number of hydrogen-bond donors (Lipinski definition) is 1. The van der Waals surface area contributed by atoms with E-state index < -0.39 is 0 Å². The van der Waals surface area contributed by atoms with Gasteiger partial charge in [-0.2, -0.15) is 0 Å². The molecule has 0 unspecified atom stereocenters. The normalized spacial score (nSPS) is 10.8. The highest BCUT2D eigenvalue weighted by Gasteiger charge is 2.20. The fraction of sp³-hybridized carbons (Fsp3) is 0.286. The van der Waals surface area contributed by atoms with Gasteiger partial charge in [0.25, 0.3) is 0 Å². The Kier molecular flexibility index (Phi) is 4.01. The van der Waals surface area contributed by atoms with E-state index in [9.17, 15) is 4.79 Å². The van der Waals surface area contributed by atoms with Crippen LogP contribution in [-0.2, 0) is 16.0 Å². The minimum Gasteiger partial charge on any atom is -0.487 e. The van der Waals surface area contributed by atoms with Gasteiger partial charge in [-0.25, -0.2) is 15.0 Å². The van der Waals surface area contributed by atoms with Crippen molar-refractivity contribution in [3.05, 3.63) is 23.5 Å². The highest BCUT2D eigenvalue weighted by molar-refractivity contribution is 7.12. The van der Waals surface area contributed by atoms with Gasteiger partial charge in [0.2, 0.25) is 0 Å². The molecule has 3 rings (SSSR count). The molecule has 0 spiro atoms. The van der Waals surface area contributed by atoms with E-state index in [-0.39, 0.29) is 12.4 Å². The van der Waals surface area contributed by atoms with E-state index in [0.717, 1.165) is 16.6 Å². The number of fused-ring (bicyclic) bond motifs is 1. The van der Waals surface area contributed by atoms with Gasteiger partial charge in [0.05, 0.1) is 31.9 Å². The predicted octanol–water partition coefficient (Wildman–Crippen LogP) is 2.20. The van der Waals surface area contributed by atoms with Crippen molar-refractivity contribution in [3.8, 4) is 16.5 Å². The Hall–Kier alpha value is -2.48. The number of rotatable bonds is 5. The van der Waals surface area contributed by atoms with Crippen molar-refractivity contribution >= 4 is 28.5 Å². The number of H-pyrrole nitrogens is 1. The summed E-state index contributed by atoms with van der Waals surface area (Å²) in [6.07, 6.45) is 3.27. The molecule has 8 heteroatoms. The van der Waals surface area contributed by atoms with Gasteiger partial charge in [0.15, 0.2) is 10.7 Å². The summed E-state index contributed by atoms with van der Waals surface area (Å²) >= 11 is 1.41. The predicted molar refractivity (Wildman–Crippen MR) is 81.9 cm³/mol. The summed E-state index contributed by atoms with van der Waals surface area (Å²) < 4.78 is 10.4. The van der Waals surface area contributed by atoms with Gasteiger partial charge in [-0.05, 0) is 17.9 Å². The number of aromatic amines is 1. The standard InChI is InChI=1S/C14H14N4O3S/c1-3-21-10(19)4-8-6-22-14(20-2)11(8)13-17-9-5-15-7-16-12(9)18-13/h5-7H,3-4H2,1-2H3,(H,15,16,17,18). The summed E-state index contributed by atoms with van der Waals surface area (Å²) in [4.78, 5) is 27.4. The quantitative estimate of drug-likeness (QED) is 0.725. The molecule has 7 nitrogen and oxygen atoms in total. The van der Waals surface area contributed by atoms with E-state index in [4.69, 9.17) is 9.47 Å². The molecule has 0 aromatic carbocycles. The van der Waals surface area contributed by atoms with E-state index >= 15 is 0 Å². The first-order chi connectivity index (χ1) is 10.7. The maximum Gasteiger partial charge on any atom is 0.310 e. The third-order valence-electron chi connectivity index (χ3n) is 3.06. The molecule has 0 aliphatic carbocycles. The van der Waals surface area contributed by atoms with Crippen molar-refractivity contribution < 1.29 is 14.3 Å². The first-order valence-corrected chi connectivity index (χ1v) is 7.57. The van der Waals surface area contributed by atoms with Crippen LogP contribution < -0.4 is 4.74 Å². The number of nitrogens with one attached hydrogen (secondary N) is 1. The Balaban J connectivity index is 2.04. The summed E-state index contributed by atoms with van der Waals surface area (Å²) in [5.74, 6) is 0.327. The van der Waals surface area contributed by atoms with Crippen molar-refractivity contribution in [3.63, 3.8) is 0 Å². The van der Waals surface area contributed by atoms with Gasteiger partial charge in [0, 0.05) is 0 Å². The minimum absolute atomic E-state index is 0.172. The SMILES string of the molecule is CCOC(=O)Cc1csc(OC)c1-c1nc2ncncc2[nH]1. The Morgan fingerprint density at radius 2 is 2.32 bits per heavy atom. The molecule has 0 aliphatic rings. The minimum atomic E-state index is -0.278. The van der Waals surface area contributed by atoms with Gasteiger partial charge in [-0.1, -0.05) is 0 Å². The van der Waals surface area contributed by atoms with Crippen LogP contribution in [-0.4, -0.2) is 39.6 Å². The maximum atomic E-state index is 11.8. The van der Waals surface area contributed by atoms with Crippen LogP contribution in [0.5, 0.6) is 5.06 Å². The van der Waals surface area contributed by atoms with Crippen LogP contribution in [0.4, 0.5) is 0 Å². The molecule has 1 N–H and O–H groups in total. The fourth-order valence-corrected chi connectivity index (χ4v) is 3.04. The summed E-state index contributed by atoms with van der Waals surface area (Å²) in [6.45, 7) is 2.14. The van der Waals surface area contributed by atoms with Crippen molar-refractivity contribution in [1.82, 2.24) is 19.9 Å². The average Bonchev–Trinajstić information content (AvgIpc) is 3.10. The Labute approximate surface area is 130 Å². The van der Waals surface area contributed by atoms with Crippen LogP contribution in [0.15, 0.2) is 17.9 Å². The largest absolute Gasteiger partial charge is 0.487 e. The molecular formula is C14H14N4O3S. The van der Waals surface area contributed by atoms with Crippen LogP contribution in [0.25, 0.3) is 22.6 Å². The number of carbonyl (C=O) groups excluding carboxylic acids is 1. The van der Waals surface area contributed by atoms with Crippen LogP contribution in [0.2, 0.25) is 0 Å². The zero-order chi connectivity index (χ0) is 15.5. The van der Waals surface area contributed by atoms with Crippen molar-refractivity contribution in [2.75, 3.05) is 13.7 Å². The number of hydrogen-bond acceptors (Lipinski definition) is 7. The van der Waals surface area contributed by atoms with Gasteiger partial charge < -0.3 is 14.5 Å². The third-order valence-corrected chi connectivity index (χ3v) is 4.05. The van der Waals surface area contributed by atoms with Gasteiger partial charge in [-0.3, -0.25) is 4.79 Å². The maximum absolute atomic E-state index is 11.8. The Bertz CT molecular complexity index is 778. The van der Waals surface area contributed by atoms with Gasteiger partial charge >= 0.3 is 5.97 Å². The highest BCUT2D eigenvalue weighted by Crippen LogP contribution is 2.38. The topological polar surface area (TPSA) is 90.0 Å². The number of imidazole rings is 1. The molecule has 114 valence electrons. The van der Waals surface area contributed by atoms with Gasteiger partial charge in [0.1, 0.15) is 17.7 Å². The number of thiophene rings is 1. The lowest BCUT2D eigenvalue weighted by atomic mass is 10.1. The highest BCUT2D eigenvalue weighted by atomic mass is 32.1. The molecular weight excluding hydrogens is 304 g/mol. The number of nitrogens with zero attached hydrogens (tertiary/aromatic N) is 3. The van der Waals surface area contributed by atoms with Gasteiger partial charge in [-0.15, -0.1) is 11.3 Å². The molecule has 3 heterocycles. The molecule has 0 fully saturated rings. The lowest BCUT2D eigenvalue weighted by Gasteiger charge is -2.04. The van der Waals surface area contributed by atoms with E-state index in [2.05, 4.69) is 19.9 Å². The molecule has 0 radical (unpaired) electrons. The lowest BCUT2D eigenvalue weighted by Crippen LogP contribution is -2.07. The van der Waals surface area contributed by atoms with E-state index in [0.29, 0.717) is 23.1 Å². The van der Waals surface area contributed by atoms with Crippen LogP contribution in [0.1, 0.15) is 12.5 Å². The summed E-state index contributed by atoms with van der Waals surface area (Å²) in [7, 11) is 1.59. The molecule has 3 aromatic heterocycles. The molecule has 0 amide bonds. The summed E-state index contributed by atoms with van der Waals surface area (Å²) in [6, 6.07) is 0. The van der Waals surface area contributed by atoms with Crippen molar-refractivity contribution in [2.24, 2.45) is 0 Å². The number of carbonyl (C=O) groups is 1. The summed E-state index contributed by atoms with van der Waals surface area (Å²) in [5.41, 5.74) is 2.87. The summed E-state index contributed by atoms with van der Waals surface area (Å²) in [5, 5.41) is 2.57. The van der Waals surface area contributed by atoms with E-state index in [1.807, 2.05) is 5.38 Å². The zero-order valence-corrected chi connectivity index (χ0v) is 12.9. The van der Waals surface area contributed by atoms with Crippen molar-refractivity contribution in [2.45, 2.75) is 13.3 Å². The first-order valence-electron chi connectivity index (χ1n) is 6.69. The number of ether oxygens (including phenoxy) is 2. The number of esters is 1. The molecule has 3 aromatic rings. The van der Waals surface area contributed by atoms with Crippen LogP contribution in [0, 0.1) is 0 Å². The molecule has 0 saturated carbocycles. The monoisotopic (exact) mass is 318 g/mol. The molecule has 0 saturated heterocycles. The Morgan fingerprint density at radius 3 is 3.05 bits per heavy atom. The molecule has 0 atom stereocenters. The van der Waals surface area contributed by atoms with E-state index in [1.165, 1.54) is 17.7 Å². The second-order valence-corrected chi connectivity index (χ2v) is 5.30. The fourth-order valence-electron chi connectivity index (χ4n) is 2.15. The molecule has 22 heavy (non-hydrogen) atoms.